The third-order valence-corrected chi connectivity index (χ3v) is 5.31. The average molecular weight is 429 g/mol. The Morgan fingerprint density at radius 2 is 1.90 bits per heavy atom. The van der Waals surface area contributed by atoms with E-state index < -0.39 is 35.6 Å². The molecule has 1 aliphatic rings. The zero-order valence-corrected chi connectivity index (χ0v) is 18.7. The molecule has 1 aromatic carbocycles. The van der Waals surface area contributed by atoms with Gasteiger partial charge in [0.25, 0.3) is 0 Å². The summed E-state index contributed by atoms with van der Waals surface area (Å²) >= 11 is 0. The van der Waals surface area contributed by atoms with Gasteiger partial charge in [-0.3, -0.25) is 14.5 Å². The first-order valence-electron chi connectivity index (χ1n) is 10.7. The number of likely N-dealkylation sites (tertiary alicyclic amines) is 1. The summed E-state index contributed by atoms with van der Waals surface area (Å²) < 4.78 is 5.55. The second kappa shape index (κ2) is 10.3. The zero-order valence-electron chi connectivity index (χ0n) is 18.7. The number of nitrogens with one attached hydrogen (secondary N) is 1. The Hall–Kier alpha value is -3.08. The highest BCUT2D eigenvalue weighted by molar-refractivity contribution is 5.91. The fraction of sp³-hybridized carbons (Fsp3) is 0.565. The number of primary amides is 1. The van der Waals surface area contributed by atoms with Gasteiger partial charge in [-0.15, -0.1) is 0 Å². The minimum absolute atomic E-state index is 0.107. The van der Waals surface area contributed by atoms with Crippen molar-refractivity contribution in [3.05, 3.63) is 35.4 Å². The molecule has 8 heteroatoms. The molecule has 168 valence electrons. The molecule has 31 heavy (non-hydrogen) atoms. The van der Waals surface area contributed by atoms with Gasteiger partial charge in [0, 0.05) is 12.5 Å². The molecule has 1 saturated heterocycles. The summed E-state index contributed by atoms with van der Waals surface area (Å²) in [5, 5.41) is 11.6. The molecule has 1 fully saturated rings. The molecule has 1 heterocycles. The maximum Gasteiger partial charge on any atom is 0.411 e. The number of nitrogens with zero attached hydrogens (tertiary/aromatic N) is 2. The lowest BCUT2D eigenvalue weighted by Crippen LogP contribution is -2.59. The van der Waals surface area contributed by atoms with Crippen molar-refractivity contribution < 1.29 is 19.1 Å². The molecule has 1 aliphatic heterocycles. The van der Waals surface area contributed by atoms with Crippen molar-refractivity contribution in [3.63, 3.8) is 0 Å². The van der Waals surface area contributed by atoms with Gasteiger partial charge in [0.15, 0.2) is 0 Å². The van der Waals surface area contributed by atoms with Crippen LogP contribution in [0.2, 0.25) is 0 Å². The molecule has 0 bridgehead atoms. The van der Waals surface area contributed by atoms with Gasteiger partial charge < -0.3 is 15.8 Å². The largest absolute Gasteiger partial charge is 0.444 e. The Morgan fingerprint density at radius 3 is 2.42 bits per heavy atom. The highest BCUT2D eigenvalue weighted by Gasteiger charge is 2.40. The molecule has 3 N–H and O–H groups in total. The predicted octanol–water partition coefficient (Wildman–Crippen LogP) is 2.64. The highest BCUT2D eigenvalue weighted by Crippen LogP contribution is 2.27. The van der Waals surface area contributed by atoms with Gasteiger partial charge in [-0.1, -0.05) is 19.1 Å². The topological polar surface area (TPSA) is 126 Å². The number of ether oxygens (including phenoxy) is 1. The summed E-state index contributed by atoms with van der Waals surface area (Å²) in [6, 6.07) is 7.01. The molecule has 0 unspecified atom stereocenters. The summed E-state index contributed by atoms with van der Waals surface area (Å²) in [5.74, 6) is -1.08. The van der Waals surface area contributed by atoms with Crippen LogP contribution in [0.15, 0.2) is 24.3 Å². The number of amides is 3. The fourth-order valence-electron chi connectivity index (χ4n) is 3.77. The summed E-state index contributed by atoms with van der Waals surface area (Å²) in [4.78, 5) is 39.5. The van der Waals surface area contributed by atoms with E-state index in [-0.39, 0.29) is 12.5 Å². The fourth-order valence-corrected chi connectivity index (χ4v) is 3.77. The molecule has 2 rings (SSSR count). The number of rotatable bonds is 6. The number of nitriles is 1. The first-order chi connectivity index (χ1) is 14.6. The summed E-state index contributed by atoms with van der Waals surface area (Å²) in [5.41, 5.74) is 6.13. The van der Waals surface area contributed by atoms with Crippen molar-refractivity contribution in [3.8, 4) is 6.07 Å². The standard InChI is InChI=1S/C23H32N4O4/c1-5-17-7-6-8-19(27(17)22(30)31-23(2,3)4)21(29)26-18(20(25)28)13-15-9-11-16(14-24)12-10-15/h9-12,17-19H,5-8,13H2,1-4H3,(H2,25,28)(H,26,29)/t17-,18-,19-/m0/s1. The van der Waals surface area contributed by atoms with Crippen LogP contribution in [0.4, 0.5) is 4.79 Å². The quantitative estimate of drug-likeness (QED) is 0.720. The average Bonchev–Trinajstić information content (AvgIpc) is 2.71. The third kappa shape index (κ3) is 6.71. The van der Waals surface area contributed by atoms with Crippen LogP contribution in [-0.4, -0.2) is 46.5 Å². The Balaban J connectivity index is 2.18. The van der Waals surface area contributed by atoms with Crippen LogP contribution >= 0.6 is 0 Å². The van der Waals surface area contributed by atoms with Gasteiger partial charge in [-0.2, -0.15) is 5.26 Å². The molecule has 3 atom stereocenters. The lowest BCUT2D eigenvalue weighted by molar-refractivity contribution is -0.132. The Bertz CT molecular complexity index is 839. The number of hydrogen-bond donors (Lipinski definition) is 2. The molecule has 8 nitrogen and oxygen atoms in total. The monoisotopic (exact) mass is 428 g/mol. The number of benzene rings is 1. The number of carbonyl (C=O) groups excluding carboxylic acids is 3. The van der Waals surface area contributed by atoms with Crippen LogP contribution in [0.1, 0.15) is 64.5 Å². The van der Waals surface area contributed by atoms with Crippen LogP contribution in [0, 0.1) is 11.3 Å². The van der Waals surface area contributed by atoms with Crippen molar-refractivity contribution in [1.82, 2.24) is 10.2 Å². The molecule has 0 saturated carbocycles. The molecule has 1 aromatic rings. The van der Waals surface area contributed by atoms with Crippen molar-refractivity contribution >= 4 is 17.9 Å². The van der Waals surface area contributed by atoms with Crippen LogP contribution in [-0.2, 0) is 20.7 Å². The smallest absolute Gasteiger partial charge is 0.411 e. The van der Waals surface area contributed by atoms with E-state index in [0.717, 1.165) is 18.4 Å². The van der Waals surface area contributed by atoms with Gasteiger partial charge in [0.05, 0.1) is 11.6 Å². The molecular weight excluding hydrogens is 396 g/mol. The van der Waals surface area contributed by atoms with E-state index >= 15 is 0 Å². The molecule has 3 amide bonds. The minimum Gasteiger partial charge on any atom is -0.444 e. The number of hydrogen-bond acceptors (Lipinski definition) is 5. The van der Waals surface area contributed by atoms with Crippen molar-refractivity contribution in [2.24, 2.45) is 5.73 Å². The highest BCUT2D eigenvalue weighted by atomic mass is 16.6. The van der Waals surface area contributed by atoms with E-state index in [0.29, 0.717) is 18.4 Å². The van der Waals surface area contributed by atoms with Crippen LogP contribution in [0.5, 0.6) is 0 Å². The zero-order chi connectivity index (χ0) is 23.2. The van der Waals surface area contributed by atoms with E-state index in [1.54, 1.807) is 45.0 Å². The minimum atomic E-state index is -0.928. The summed E-state index contributed by atoms with van der Waals surface area (Å²) in [6.07, 6.45) is 2.46. The predicted molar refractivity (Wildman–Crippen MR) is 116 cm³/mol. The van der Waals surface area contributed by atoms with E-state index in [4.69, 9.17) is 15.7 Å². The number of nitrogens with two attached hydrogens (primary N) is 1. The van der Waals surface area contributed by atoms with E-state index in [2.05, 4.69) is 5.32 Å². The van der Waals surface area contributed by atoms with Crippen molar-refractivity contribution in [2.45, 2.75) is 83.5 Å². The molecular formula is C23H32N4O4. The second-order valence-electron chi connectivity index (χ2n) is 8.87. The van der Waals surface area contributed by atoms with Gasteiger partial charge in [0.1, 0.15) is 17.7 Å². The number of carbonyl (C=O) groups is 3. The first-order valence-corrected chi connectivity index (χ1v) is 10.7. The SMILES string of the molecule is CC[C@H]1CCC[C@@H](C(=O)N[C@@H](Cc2ccc(C#N)cc2)C(N)=O)N1C(=O)OC(C)(C)C. The summed E-state index contributed by atoms with van der Waals surface area (Å²) in [6.45, 7) is 7.32. The van der Waals surface area contributed by atoms with Crippen molar-refractivity contribution in [1.29, 1.82) is 5.26 Å². The van der Waals surface area contributed by atoms with Gasteiger partial charge >= 0.3 is 6.09 Å². The maximum atomic E-state index is 13.1. The van der Waals surface area contributed by atoms with Gasteiger partial charge in [-0.05, 0) is 64.2 Å². The third-order valence-electron chi connectivity index (χ3n) is 5.31. The maximum absolute atomic E-state index is 13.1. The first kappa shape index (κ1) is 24.2. The van der Waals surface area contributed by atoms with Crippen molar-refractivity contribution in [2.75, 3.05) is 0 Å². The Labute approximate surface area is 183 Å². The summed E-state index contributed by atoms with van der Waals surface area (Å²) in [7, 11) is 0. The van der Waals surface area contributed by atoms with E-state index in [1.807, 2.05) is 13.0 Å². The Kier molecular flexibility index (Phi) is 8.03. The van der Waals surface area contributed by atoms with E-state index in [9.17, 15) is 14.4 Å². The molecule has 0 aliphatic carbocycles. The molecule has 0 spiro atoms. The van der Waals surface area contributed by atoms with E-state index in [1.165, 1.54) is 4.90 Å². The normalized spacial score (nSPS) is 19.8. The Morgan fingerprint density at radius 1 is 1.26 bits per heavy atom. The number of piperidine rings is 1. The van der Waals surface area contributed by atoms with Crippen LogP contribution in [0.25, 0.3) is 0 Å². The van der Waals surface area contributed by atoms with Crippen LogP contribution in [0.3, 0.4) is 0 Å². The van der Waals surface area contributed by atoms with Crippen LogP contribution < -0.4 is 11.1 Å². The van der Waals surface area contributed by atoms with Gasteiger partial charge in [-0.25, -0.2) is 4.79 Å². The molecule has 0 aromatic heterocycles. The molecule has 0 radical (unpaired) electrons. The second-order valence-corrected chi connectivity index (χ2v) is 8.87. The lowest BCUT2D eigenvalue weighted by atomic mass is 9.93. The van der Waals surface area contributed by atoms with Gasteiger partial charge in [0.2, 0.25) is 11.8 Å². The lowest BCUT2D eigenvalue weighted by Gasteiger charge is -2.41.